The molecule has 16 bridgehead atoms. The Morgan fingerprint density at radius 1 is 0.292 bits per heavy atom. The summed E-state index contributed by atoms with van der Waals surface area (Å²) in [4.78, 5) is 12.0. The van der Waals surface area contributed by atoms with Gasteiger partial charge in [0.15, 0.2) is 5.54 Å². The van der Waals surface area contributed by atoms with Gasteiger partial charge in [-0.2, -0.15) is 78.9 Å². The maximum atomic E-state index is 6.01. The van der Waals surface area contributed by atoms with E-state index in [4.69, 9.17) is 9.97 Å². The Bertz CT molecular complexity index is 2740. The Balaban J connectivity index is 0.00000444. The molecule has 65 heavy (non-hydrogen) atoms. The van der Waals surface area contributed by atoms with Crippen LogP contribution in [0.3, 0.4) is 0 Å². The minimum Gasteiger partial charge on any atom is -0.297 e. The topological polar surface area (TPSA) is 29.7 Å². The van der Waals surface area contributed by atoms with Gasteiger partial charge in [-0.25, -0.2) is 0 Å². The zero-order valence-electron chi connectivity index (χ0n) is 35.1. The van der Waals surface area contributed by atoms with Gasteiger partial charge >= 0.3 is 0 Å². The van der Waals surface area contributed by atoms with Crippen LogP contribution in [-0.2, 0) is 41.9 Å². The first-order valence-electron chi connectivity index (χ1n) is 21.9. The van der Waals surface area contributed by atoms with Crippen molar-refractivity contribution in [3.05, 3.63) is 339 Å². The smallest absolute Gasteiger partial charge is 0.177 e. The second-order valence-electron chi connectivity index (χ2n) is 17.1. The number of hydrogen-bond acceptors (Lipinski definition) is 2. The minimum atomic E-state index is -1.05. The number of hydrogen-bond donors (Lipinski definition) is 0. The van der Waals surface area contributed by atoms with Gasteiger partial charge in [0.1, 0.15) is 6.20 Å². The molecule has 0 saturated carbocycles. The Morgan fingerprint density at radius 3 is 1.08 bits per heavy atom. The van der Waals surface area contributed by atoms with Crippen LogP contribution in [-0.4, -0.2) is 9.97 Å². The molecule has 4 aliphatic rings. The van der Waals surface area contributed by atoms with Crippen LogP contribution in [0.1, 0.15) is 84.0 Å². The molecular formula is C61H38IrN3-3. The molecule has 0 saturated heterocycles. The van der Waals surface area contributed by atoms with Crippen molar-refractivity contribution in [2.24, 2.45) is 0 Å². The van der Waals surface area contributed by atoms with Crippen molar-refractivity contribution >= 4 is 0 Å². The largest absolute Gasteiger partial charge is 0.297 e. The molecule has 0 N–H and O–H groups in total. The van der Waals surface area contributed by atoms with Crippen LogP contribution in [0.5, 0.6) is 0 Å². The van der Waals surface area contributed by atoms with E-state index in [0.717, 1.165) is 84.0 Å². The van der Waals surface area contributed by atoms with E-state index >= 15 is 0 Å². The molecule has 7 aromatic carbocycles. The van der Waals surface area contributed by atoms with E-state index in [9.17, 15) is 0 Å². The van der Waals surface area contributed by atoms with E-state index in [0.29, 0.717) is 0 Å². The van der Waals surface area contributed by atoms with Gasteiger partial charge in [-0.1, -0.05) is 150 Å². The molecule has 0 fully saturated rings. The third-order valence-electron chi connectivity index (χ3n) is 14.1. The predicted molar refractivity (Wildman–Crippen MR) is 248 cm³/mol. The normalized spacial score (nSPS) is 21.7. The first-order chi connectivity index (χ1) is 31.7. The third-order valence-corrected chi connectivity index (χ3v) is 14.1. The van der Waals surface area contributed by atoms with Crippen LogP contribution in [0.25, 0.3) is 0 Å². The molecule has 4 aliphatic heterocycles. The van der Waals surface area contributed by atoms with Crippen LogP contribution >= 0.6 is 0 Å². The van der Waals surface area contributed by atoms with Gasteiger partial charge in [-0.15, -0.1) is 28.3 Å². The zero-order chi connectivity index (χ0) is 42.4. The molecule has 3 aromatic heterocycles. The van der Waals surface area contributed by atoms with E-state index in [2.05, 4.69) is 260 Å². The summed E-state index contributed by atoms with van der Waals surface area (Å²) >= 11 is 0. The van der Waals surface area contributed by atoms with Gasteiger partial charge in [-0.3, -0.25) is 14.5 Å². The summed E-state index contributed by atoms with van der Waals surface area (Å²) in [6.45, 7) is 0. The van der Waals surface area contributed by atoms with Crippen LogP contribution in [0.4, 0.5) is 0 Å². The predicted octanol–water partition coefficient (Wildman–Crippen LogP) is 10.9. The molecular weight excluding hydrogens is 967 g/mol. The molecule has 7 heterocycles. The van der Waals surface area contributed by atoms with Crippen molar-refractivity contribution in [2.75, 3.05) is 0 Å². The van der Waals surface area contributed by atoms with Gasteiger partial charge in [0.05, 0.1) is 34.4 Å². The Kier molecular flexibility index (Phi) is 8.97. The van der Waals surface area contributed by atoms with Crippen molar-refractivity contribution in [1.82, 2.24) is 9.97 Å². The standard InChI is InChI=1S/C61H38N3.Ir/c1-5-19-43(20-6-1)58-47-27-13-28-48(39-47)59(44-21-7-2-8-22-44)53-33-18-38-64(42-53)61(46-25-11-4-12-26-46,51-31-14-29-49(58)40-51)52-32-15-30-50(41-52)60(45-23-9-3-10-24-45,56-36-16-34-54(58)62-56)57-37-17-35-55(59)63-57;/h1-38H;/q-3;. The average Bonchev–Trinajstić information content (AvgIpc) is 3.37. The monoisotopic (exact) mass is 1010 g/mol. The van der Waals surface area contributed by atoms with Crippen molar-refractivity contribution in [3.63, 3.8) is 0 Å². The van der Waals surface area contributed by atoms with Crippen LogP contribution in [0.15, 0.2) is 231 Å². The van der Waals surface area contributed by atoms with E-state index in [1.807, 2.05) is 0 Å². The second-order valence-corrected chi connectivity index (χ2v) is 17.1. The molecule has 4 heteroatoms. The number of benzene rings is 7. The summed E-state index contributed by atoms with van der Waals surface area (Å²) in [6.07, 6.45) is 6.30. The molecule has 0 spiro atoms. The van der Waals surface area contributed by atoms with Gasteiger partial charge < -0.3 is 0 Å². The summed E-state index contributed by atoms with van der Waals surface area (Å²) in [5.41, 5.74) is 10.1. The first-order valence-corrected chi connectivity index (χ1v) is 21.9. The Morgan fingerprint density at radius 2 is 0.615 bits per heavy atom. The summed E-state index contributed by atoms with van der Waals surface area (Å²) in [6, 6.07) is 93.3. The van der Waals surface area contributed by atoms with Crippen molar-refractivity contribution < 1.29 is 24.7 Å². The quantitative estimate of drug-likeness (QED) is 0.130. The van der Waals surface area contributed by atoms with Crippen LogP contribution < -0.4 is 4.57 Å². The summed E-state index contributed by atoms with van der Waals surface area (Å²) in [7, 11) is 0. The summed E-state index contributed by atoms with van der Waals surface area (Å²) < 4.78 is 2.29. The summed E-state index contributed by atoms with van der Waals surface area (Å²) in [5.74, 6) is 0. The second kappa shape index (κ2) is 14.9. The van der Waals surface area contributed by atoms with Crippen molar-refractivity contribution in [3.8, 4) is 0 Å². The Labute approximate surface area is 393 Å². The molecule has 4 unspecified atom stereocenters. The fourth-order valence-electron chi connectivity index (χ4n) is 11.5. The Hall–Kier alpha value is -7.36. The zero-order valence-corrected chi connectivity index (χ0v) is 37.5. The number of pyridine rings is 3. The van der Waals surface area contributed by atoms with E-state index in [-0.39, 0.29) is 20.1 Å². The van der Waals surface area contributed by atoms with Crippen molar-refractivity contribution in [2.45, 2.75) is 21.8 Å². The maximum absolute atomic E-state index is 6.01. The fraction of sp³-hybridized carbons (Fsp3) is 0.0656. The minimum absolute atomic E-state index is 0. The molecule has 3 nitrogen and oxygen atoms in total. The number of rotatable bonds is 4. The molecule has 1 radical (unpaired) electrons. The summed E-state index contributed by atoms with van der Waals surface area (Å²) in [5, 5.41) is 0. The van der Waals surface area contributed by atoms with Gasteiger partial charge in [-0.05, 0) is 41.0 Å². The third kappa shape index (κ3) is 5.18. The number of aromatic nitrogens is 3. The maximum Gasteiger partial charge on any atom is 0.177 e. The first kappa shape index (κ1) is 39.2. The van der Waals surface area contributed by atoms with E-state index in [1.165, 1.54) is 0 Å². The molecule has 10 aromatic rings. The number of nitrogens with zero attached hydrogens (tertiary/aromatic N) is 3. The fourth-order valence-corrected chi connectivity index (χ4v) is 11.5. The van der Waals surface area contributed by atoms with Gasteiger partial charge in [0, 0.05) is 36.5 Å². The molecule has 0 amide bonds. The van der Waals surface area contributed by atoms with E-state index in [1.54, 1.807) is 0 Å². The van der Waals surface area contributed by atoms with E-state index < -0.39 is 21.8 Å². The molecule has 14 rings (SSSR count). The van der Waals surface area contributed by atoms with Gasteiger partial charge in [0.2, 0.25) is 0 Å². The molecule has 0 aliphatic carbocycles. The molecule has 4 atom stereocenters. The SMILES string of the molecule is [Ir].[c-]1c2cccc1C1(c3ccccc3)c3[c-][n+](ccc3)C3(c4ccccc4)c4[c-]c(ccc4)C2(c2ccccc2)c2cccc(n2)C(c2ccccc2)(c2[c-]c3ccc2)c2cccc1n2. The van der Waals surface area contributed by atoms with Crippen LogP contribution in [0, 0.1) is 24.4 Å². The molecule has 309 valence electrons. The van der Waals surface area contributed by atoms with Crippen molar-refractivity contribution in [1.29, 1.82) is 0 Å². The average molecular weight is 1010 g/mol. The van der Waals surface area contributed by atoms with Crippen LogP contribution in [0.2, 0.25) is 0 Å². The van der Waals surface area contributed by atoms with Gasteiger partial charge in [0.25, 0.3) is 0 Å².